The van der Waals surface area contributed by atoms with Gasteiger partial charge in [0.1, 0.15) is 11.9 Å². The molecular formula is C23H25Cl2N3O5. The SMILES string of the molecule is COc1ccccc1NC(=O)N[C@H]1C=C[C@H](CC(=O)NCc2ccc(Cl)c(Cl)c2)O[C@H]1CO. The number of carbonyl (C=O) groups excluding carboxylic acids is 2. The van der Waals surface area contributed by atoms with Gasteiger partial charge in [0.2, 0.25) is 5.91 Å². The Kier molecular flexibility index (Phi) is 8.96. The zero-order valence-electron chi connectivity index (χ0n) is 17.9. The predicted octanol–water partition coefficient (Wildman–Crippen LogP) is 3.51. The smallest absolute Gasteiger partial charge is 0.319 e. The number of aliphatic hydroxyl groups is 1. The van der Waals surface area contributed by atoms with Crippen molar-refractivity contribution in [2.75, 3.05) is 19.0 Å². The van der Waals surface area contributed by atoms with E-state index in [9.17, 15) is 14.7 Å². The van der Waals surface area contributed by atoms with Crippen molar-refractivity contribution in [3.63, 3.8) is 0 Å². The van der Waals surface area contributed by atoms with Gasteiger partial charge in [-0.2, -0.15) is 0 Å². The van der Waals surface area contributed by atoms with E-state index >= 15 is 0 Å². The van der Waals surface area contributed by atoms with Crippen LogP contribution in [0.1, 0.15) is 12.0 Å². The van der Waals surface area contributed by atoms with Crippen molar-refractivity contribution in [2.45, 2.75) is 31.2 Å². The first-order valence-corrected chi connectivity index (χ1v) is 11.0. The van der Waals surface area contributed by atoms with Crippen molar-refractivity contribution in [1.82, 2.24) is 10.6 Å². The van der Waals surface area contributed by atoms with E-state index in [1.54, 1.807) is 54.6 Å². The van der Waals surface area contributed by atoms with Gasteiger partial charge in [0.05, 0.1) is 48.0 Å². The minimum atomic E-state index is -0.703. The van der Waals surface area contributed by atoms with Crippen LogP contribution in [-0.4, -0.2) is 49.0 Å². The molecule has 176 valence electrons. The Morgan fingerprint density at radius 3 is 2.64 bits per heavy atom. The molecule has 0 saturated carbocycles. The predicted molar refractivity (Wildman–Crippen MR) is 127 cm³/mol. The number of halogens is 2. The molecule has 2 aromatic carbocycles. The Morgan fingerprint density at radius 1 is 1.12 bits per heavy atom. The van der Waals surface area contributed by atoms with Gasteiger partial charge in [-0.1, -0.05) is 53.6 Å². The molecule has 4 N–H and O–H groups in total. The van der Waals surface area contributed by atoms with Crippen molar-refractivity contribution >= 4 is 40.8 Å². The summed E-state index contributed by atoms with van der Waals surface area (Å²) in [6, 6.07) is 11.1. The van der Waals surface area contributed by atoms with Crippen LogP contribution in [0.5, 0.6) is 5.75 Å². The Labute approximate surface area is 201 Å². The summed E-state index contributed by atoms with van der Waals surface area (Å²) >= 11 is 11.9. The highest BCUT2D eigenvalue weighted by molar-refractivity contribution is 6.42. The molecule has 0 fully saturated rings. The van der Waals surface area contributed by atoms with Crippen LogP contribution in [-0.2, 0) is 16.1 Å². The molecule has 3 atom stereocenters. The maximum atomic E-state index is 12.4. The number of nitrogens with one attached hydrogen (secondary N) is 3. The summed E-state index contributed by atoms with van der Waals surface area (Å²) in [6.45, 7) is -0.0335. The lowest BCUT2D eigenvalue weighted by molar-refractivity contribution is -0.125. The average Bonchev–Trinajstić information content (AvgIpc) is 2.81. The van der Waals surface area contributed by atoms with Crippen molar-refractivity contribution in [2.24, 2.45) is 0 Å². The molecule has 0 saturated heterocycles. The molecule has 33 heavy (non-hydrogen) atoms. The highest BCUT2D eigenvalue weighted by atomic mass is 35.5. The van der Waals surface area contributed by atoms with E-state index in [1.165, 1.54) is 7.11 Å². The number of anilines is 1. The summed E-state index contributed by atoms with van der Waals surface area (Å²) in [4.78, 5) is 24.7. The van der Waals surface area contributed by atoms with E-state index in [2.05, 4.69) is 16.0 Å². The number of hydrogen-bond donors (Lipinski definition) is 4. The number of methoxy groups -OCH3 is 1. The molecule has 3 rings (SSSR count). The number of carbonyl (C=O) groups is 2. The molecule has 1 aliphatic heterocycles. The lowest BCUT2D eigenvalue weighted by atomic mass is 10.0. The number of aliphatic hydroxyl groups excluding tert-OH is 1. The molecule has 0 unspecified atom stereocenters. The summed E-state index contributed by atoms with van der Waals surface area (Å²) in [7, 11) is 1.51. The molecule has 3 amide bonds. The standard InChI is InChI=1S/C23H25Cl2N3O5/c1-32-20-5-3-2-4-18(20)27-23(31)28-19-9-7-15(33-21(19)13-29)11-22(30)26-12-14-6-8-16(24)17(25)10-14/h2-10,15,19,21,29H,11-13H2,1H3,(H,26,30)(H2,27,28,31)/t15-,19+,21+/m1/s1. The van der Waals surface area contributed by atoms with Gasteiger partial charge in [0.25, 0.3) is 0 Å². The fraction of sp³-hybridized carbons (Fsp3) is 0.304. The zero-order chi connectivity index (χ0) is 23.8. The third kappa shape index (κ3) is 7.10. The van der Waals surface area contributed by atoms with Gasteiger partial charge >= 0.3 is 6.03 Å². The maximum Gasteiger partial charge on any atom is 0.319 e. The number of ether oxygens (including phenoxy) is 2. The third-order valence-corrected chi connectivity index (χ3v) is 5.72. The minimum absolute atomic E-state index is 0.0639. The molecule has 10 heteroatoms. The lowest BCUT2D eigenvalue weighted by Crippen LogP contribution is -2.50. The first-order valence-electron chi connectivity index (χ1n) is 10.3. The van der Waals surface area contributed by atoms with Gasteiger partial charge in [0.15, 0.2) is 0 Å². The number of benzene rings is 2. The van der Waals surface area contributed by atoms with Crippen molar-refractivity contribution < 1.29 is 24.2 Å². The van der Waals surface area contributed by atoms with E-state index < -0.39 is 24.3 Å². The summed E-state index contributed by atoms with van der Waals surface area (Å²) in [5.41, 5.74) is 1.33. The largest absolute Gasteiger partial charge is 0.495 e. The first-order chi connectivity index (χ1) is 15.9. The molecule has 0 aromatic heterocycles. The molecule has 0 bridgehead atoms. The van der Waals surface area contributed by atoms with E-state index in [0.717, 1.165) is 5.56 Å². The average molecular weight is 494 g/mol. The third-order valence-electron chi connectivity index (χ3n) is 4.98. The van der Waals surface area contributed by atoms with Crippen LogP contribution in [0.15, 0.2) is 54.6 Å². The van der Waals surface area contributed by atoms with Gasteiger partial charge in [-0.05, 0) is 29.8 Å². The highest BCUT2D eigenvalue weighted by Gasteiger charge is 2.29. The van der Waals surface area contributed by atoms with Crippen LogP contribution in [0.2, 0.25) is 10.0 Å². The Morgan fingerprint density at radius 2 is 1.91 bits per heavy atom. The van der Waals surface area contributed by atoms with Crippen LogP contribution in [0.3, 0.4) is 0 Å². The summed E-state index contributed by atoms with van der Waals surface area (Å²) in [5, 5.41) is 18.8. The van der Waals surface area contributed by atoms with Gasteiger partial charge in [-0.3, -0.25) is 4.79 Å². The molecule has 0 radical (unpaired) electrons. The van der Waals surface area contributed by atoms with Gasteiger partial charge in [-0.25, -0.2) is 4.79 Å². The molecular weight excluding hydrogens is 469 g/mol. The van der Waals surface area contributed by atoms with E-state index in [4.69, 9.17) is 32.7 Å². The topological polar surface area (TPSA) is 109 Å². The van der Waals surface area contributed by atoms with Crippen molar-refractivity contribution in [3.05, 3.63) is 70.2 Å². The van der Waals surface area contributed by atoms with Crippen LogP contribution >= 0.6 is 23.2 Å². The minimum Gasteiger partial charge on any atom is -0.495 e. The fourth-order valence-corrected chi connectivity index (χ4v) is 3.62. The Hall–Kier alpha value is -2.78. The Bertz CT molecular complexity index is 1020. The summed E-state index contributed by atoms with van der Waals surface area (Å²) in [5.74, 6) is 0.293. The van der Waals surface area contributed by atoms with E-state index in [-0.39, 0.29) is 18.9 Å². The molecule has 0 aliphatic carbocycles. The zero-order valence-corrected chi connectivity index (χ0v) is 19.4. The second-order valence-electron chi connectivity index (χ2n) is 7.33. The fourth-order valence-electron chi connectivity index (χ4n) is 3.30. The summed E-state index contributed by atoms with van der Waals surface area (Å²) < 4.78 is 11.0. The second-order valence-corrected chi connectivity index (χ2v) is 8.15. The first kappa shape index (κ1) is 24.9. The number of hydrogen-bond acceptors (Lipinski definition) is 5. The van der Waals surface area contributed by atoms with Crippen LogP contribution in [0, 0.1) is 0 Å². The van der Waals surface area contributed by atoms with Gasteiger partial charge < -0.3 is 30.5 Å². The van der Waals surface area contributed by atoms with Gasteiger partial charge in [0, 0.05) is 6.54 Å². The number of urea groups is 1. The van der Waals surface area contributed by atoms with Crippen molar-refractivity contribution in [3.8, 4) is 5.75 Å². The lowest BCUT2D eigenvalue weighted by Gasteiger charge is -2.31. The van der Waals surface area contributed by atoms with Crippen LogP contribution in [0.25, 0.3) is 0 Å². The van der Waals surface area contributed by atoms with Crippen LogP contribution < -0.4 is 20.7 Å². The highest BCUT2D eigenvalue weighted by Crippen LogP contribution is 2.24. The quantitative estimate of drug-likeness (QED) is 0.420. The van der Waals surface area contributed by atoms with E-state index in [1.807, 2.05) is 0 Å². The second kappa shape index (κ2) is 11.9. The van der Waals surface area contributed by atoms with Crippen LogP contribution in [0.4, 0.5) is 10.5 Å². The maximum absolute atomic E-state index is 12.4. The molecule has 2 aromatic rings. The molecule has 8 nitrogen and oxygen atoms in total. The summed E-state index contributed by atoms with van der Waals surface area (Å²) in [6.07, 6.45) is 2.23. The van der Waals surface area contributed by atoms with Gasteiger partial charge in [-0.15, -0.1) is 0 Å². The number of para-hydroxylation sites is 2. The van der Waals surface area contributed by atoms with Crippen molar-refractivity contribution in [1.29, 1.82) is 0 Å². The number of rotatable bonds is 8. The molecule has 0 spiro atoms. The normalized spacial score (nSPS) is 19.6. The molecule has 1 heterocycles. The monoisotopic (exact) mass is 493 g/mol. The Balaban J connectivity index is 1.51. The number of amides is 3. The molecule has 1 aliphatic rings. The van der Waals surface area contributed by atoms with E-state index in [0.29, 0.717) is 28.0 Å².